The molecule has 38 heavy (non-hydrogen) atoms. The monoisotopic (exact) mass is 521 g/mol. The maximum Gasteiger partial charge on any atom is 0.269 e. The van der Waals surface area contributed by atoms with Gasteiger partial charge in [0.2, 0.25) is 0 Å². The van der Waals surface area contributed by atoms with Gasteiger partial charge < -0.3 is 0 Å². The fourth-order valence-corrected chi connectivity index (χ4v) is 4.82. The fourth-order valence-electron chi connectivity index (χ4n) is 4.00. The van der Waals surface area contributed by atoms with Crippen molar-refractivity contribution in [3.63, 3.8) is 0 Å². The molecular formula is C29H19N3O5S. The third-order valence-electron chi connectivity index (χ3n) is 5.86. The Morgan fingerprint density at radius 1 is 0.684 bits per heavy atom. The van der Waals surface area contributed by atoms with Crippen molar-refractivity contribution in [2.24, 2.45) is 0 Å². The summed E-state index contributed by atoms with van der Waals surface area (Å²) in [6.07, 6.45) is 3.53. The highest BCUT2D eigenvalue weighted by Gasteiger charge is 2.30. The van der Waals surface area contributed by atoms with E-state index in [0.29, 0.717) is 16.8 Å². The standard InChI is InChI=1S/C29H19N3O5S/c33-29-22(18-20-6-8-24(9-7-20)31(34)35)19-28(21-4-2-1-3-5-21)30(29)23-10-14-26(15-11-23)38-27-16-12-25(13-17-27)32(36)37/h1-19H/b22-18-. The molecule has 0 saturated heterocycles. The second kappa shape index (κ2) is 10.5. The third-order valence-corrected chi connectivity index (χ3v) is 6.87. The van der Waals surface area contributed by atoms with Gasteiger partial charge in [-0.1, -0.05) is 42.1 Å². The number of carbonyl (C=O) groups excluding carboxylic acids is 1. The minimum Gasteiger partial charge on any atom is -0.276 e. The van der Waals surface area contributed by atoms with Gasteiger partial charge in [-0.3, -0.25) is 29.9 Å². The minimum atomic E-state index is -0.462. The van der Waals surface area contributed by atoms with E-state index in [2.05, 4.69) is 0 Å². The topological polar surface area (TPSA) is 107 Å². The predicted molar refractivity (Wildman–Crippen MR) is 147 cm³/mol. The van der Waals surface area contributed by atoms with E-state index >= 15 is 0 Å². The molecule has 5 rings (SSSR count). The van der Waals surface area contributed by atoms with E-state index in [1.54, 1.807) is 35.2 Å². The Morgan fingerprint density at radius 3 is 1.76 bits per heavy atom. The SMILES string of the molecule is O=C1/C(=C\c2ccc([N+](=O)[O-])cc2)C=C(c2ccccc2)N1c1ccc(Sc2ccc([N+](=O)[O-])cc2)cc1. The summed E-state index contributed by atoms with van der Waals surface area (Å²) in [6.45, 7) is 0. The van der Waals surface area contributed by atoms with Crippen LogP contribution >= 0.6 is 11.8 Å². The molecule has 4 aromatic carbocycles. The van der Waals surface area contributed by atoms with E-state index in [9.17, 15) is 25.0 Å². The Kier molecular flexibility index (Phi) is 6.84. The normalized spacial score (nSPS) is 14.0. The molecule has 1 aliphatic heterocycles. The molecule has 186 valence electrons. The second-order valence-corrected chi connectivity index (χ2v) is 9.48. The Hall–Kier alpha value is -5.02. The first-order valence-corrected chi connectivity index (χ1v) is 12.3. The molecule has 0 bridgehead atoms. The number of hydrogen-bond acceptors (Lipinski definition) is 6. The molecule has 9 heteroatoms. The number of amides is 1. The lowest BCUT2D eigenvalue weighted by molar-refractivity contribution is -0.385. The van der Waals surface area contributed by atoms with Gasteiger partial charge in [0, 0.05) is 45.3 Å². The van der Waals surface area contributed by atoms with E-state index in [4.69, 9.17) is 0 Å². The van der Waals surface area contributed by atoms with Gasteiger partial charge in [-0.05, 0) is 71.8 Å². The van der Waals surface area contributed by atoms with Crippen molar-refractivity contribution in [3.05, 3.63) is 146 Å². The predicted octanol–water partition coefficient (Wildman–Crippen LogP) is 7.13. The van der Waals surface area contributed by atoms with Crippen molar-refractivity contribution in [1.82, 2.24) is 0 Å². The van der Waals surface area contributed by atoms with Crippen LogP contribution in [0.2, 0.25) is 0 Å². The van der Waals surface area contributed by atoms with Gasteiger partial charge in [0.25, 0.3) is 17.3 Å². The first-order valence-electron chi connectivity index (χ1n) is 11.5. The molecule has 1 aliphatic rings. The average molecular weight is 522 g/mol. The van der Waals surface area contributed by atoms with Crippen LogP contribution in [-0.4, -0.2) is 15.8 Å². The van der Waals surface area contributed by atoms with Gasteiger partial charge in [-0.25, -0.2) is 0 Å². The highest BCUT2D eigenvalue weighted by atomic mass is 32.2. The van der Waals surface area contributed by atoms with Crippen LogP contribution in [0.5, 0.6) is 0 Å². The number of nitrogens with zero attached hydrogens (tertiary/aromatic N) is 3. The molecule has 0 atom stereocenters. The van der Waals surface area contributed by atoms with Crippen molar-refractivity contribution in [2.45, 2.75) is 9.79 Å². The van der Waals surface area contributed by atoms with Crippen LogP contribution in [0.25, 0.3) is 11.8 Å². The molecule has 0 aliphatic carbocycles. The molecule has 0 aromatic heterocycles. The largest absolute Gasteiger partial charge is 0.276 e. The molecule has 0 saturated carbocycles. The van der Waals surface area contributed by atoms with Crippen LogP contribution in [0.4, 0.5) is 17.1 Å². The summed E-state index contributed by atoms with van der Waals surface area (Å²) >= 11 is 1.46. The summed E-state index contributed by atoms with van der Waals surface area (Å²) in [5, 5.41) is 21.9. The van der Waals surface area contributed by atoms with Crippen molar-refractivity contribution in [3.8, 4) is 0 Å². The van der Waals surface area contributed by atoms with Gasteiger partial charge in [0.05, 0.1) is 15.5 Å². The van der Waals surface area contributed by atoms with Crippen LogP contribution in [0, 0.1) is 20.2 Å². The summed E-state index contributed by atoms with van der Waals surface area (Å²) in [6, 6.07) is 29.5. The first kappa shape index (κ1) is 24.7. The number of rotatable bonds is 7. The third kappa shape index (κ3) is 5.23. The molecule has 0 spiro atoms. The lowest BCUT2D eigenvalue weighted by atomic mass is 10.1. The van der Waals surface area contributed by atoms with Crippen molar-refractivity contribution >= 4 is 46.5 Å². The van der Waals surface area contributed by atoms with Crippen LogP contribution in [0.15, 0.2) is 125 Å². The van der Waals surface area contributed by atoms with E-state index in [1.807, 2.05) is 60.7 Å². The Labute approximate surface area is 221 Å². The number of carbonyl (C=O) groups is 1. The van der Waals surface area contributed by atoms with Crippen LogP contribution in [0.1, 0.15) is 11.1 Å². The highest BCUT2D eigenvalue weighted by molar-refractivity contribution is 7.99. The Morgan fingerprint density at radius 2 is 1.21 bits per heavy atom. The van der Waals surface area contributed by atoms with Gasteiger partial charge in [-0.2, -0.15) is 0 Å². The van der Waals surface area contributed by atoms with Gasteiger partial charge in [0.1, 0.15) is 0 Å². The number of benzene rings is 4. The number of nitro groups is 2. The zero-order chi connectivity index (χ0) is 26.6. The van der Waals surface area contributed by atoms with E-state index in [1.165, 1.54) is 36.0 Å². The zero-order valence-corrected chi connectivity index (χ0v) is 20.6. The molecule has 1 amide bonds. The Bertz CT molecular complexity index is 1580. The molecule has 0 radical (unpaired) electrons. The first-order chi connectivity index (χ1) is 18.4. The number of nitro benzene ring substituents is 2. The van der Waals surface area contributed by atoms with Gasteiger partial charge >= 0.3 is 0 Å². The van der Waals surface area contributed by atoms with Crippen LogP contribution < -0.4 is 4.90 Å². The van der Waals surface area contributed by atoms with E-state index in [-0.39, 0.29) is 17.3 Å². The molecule has 0 unspecified atom stereocenters. The molecular weight excluding hydrogens is 502 g/mol. The quantitative estimate of drug-likeness (QED) is 0.146. The van der Waals surface area contributed by atoms with E-state index < -0.39 is 9.85 Å². The van der Waals surface area contributed by atoms with Gasteiger partial charge in [-0.15, -0.1) is 0 Å². The minimum absolute atomic E-state index is 0.0151. The van der Waals surface area contributed by atoms with E-state index in [0.717, 1.165) is 21.1 Å². The molecule has 0 N–H and O–H groups in total. The van der Waals surface area contributed by atoms with Crippen molar-refractivity contribution in [2.75, 3.05) is 4.90 Å². The summed E-state index contributed by atoms with van der Waals surface area (Å²) in [4.78, 5) is 38.0. The number of anilines is 1. The molecule has 0 fully saturated rings. The van der Waals surface area contributed by atoms with Crippen molar-refractivity contribution in [1.29, 1.82) is 0 Å². The molecule has 4 aromatic rings. The summed E-state index contributed by atoms with van der Waals surface area (Å²) in [7, 11) is 0. The maximum absolute atomic E-state index is 13.6. The smallest absolute Gasteiger partial charge is 0.269 e. The van der Waals surface area contributed by atoms with Crippen LogP contribution in [0.3, 0.4) is 0 Å². The Balaban J connectivity index is 1.43. The van der Waals surface area contributed by atoms with Crippen molar-refractivity contribution < 1.29 is 14.6 Å². The maximum atomic E-state index is 13.6. The zero-order valence-electron chi connectivity index (χ0n) is 19.8. The highest BCUT2D eigenvalue weighted by Crippen LogP contribution is 2.37. The summed E-state index contributed by atoms with van der Waals surface area (Å²) in [5.41, 5.74) is 3.44. The summed E-state index contributed by atoms with van der Waals surface area (Å²) < 4.78 is 0. The molecule has 8 nitrogen and oxygen atoms in total. The number of hydrogen-bond donors (Lipinski definition) is 0. The second-order valence-electron chi connectivity index (χ2n) is 8.33. The van der Waals surface area contributed by atoms with Crippen LogP contribution in [-0.2, 0) is 4.79 Å². The van der Waals surface area contributed by atoms with Gasteiger partial charge in [0.15, 0.2) is 0 Å². The number of non-ortho nitro benzene ring substituents is 2. The lowest BCUT2D eigenvalue weighted by Crippen LogP contribution is -2.24. The summed E-state index contributed by atoms with van der Waals surface area (Å²) in [5.74, 6) is -0.210. The lowest BCUT2D eigenvalue weighted by Gasteiger charge is -2.21. The molecule has 1 heterocycles. The fraction of sp³-hybridized carbons (Fsp3) is 0. The average Bonchev–Trinajstić information content (AvgIpc) is 3.26.